The summed E-state index contributed by atoms with van der Waals surface area (Å²) in [4.78, 5) is 34.5. The van der Waals surface area contributed by atoms with Gasteiger partial charge in [0, 0.05) is 17.5 Å². The highest BCUT2D eigenvalue weighted by Gasteiger charge is 2.53. The lowest BCUT2D eigenvalue weighted by molar-refractivity contribution is -0.0714. The summed E-state index contributed by atoms with van der Waals surface area (Å²) < 4.78 is 47.2. The third-order valence-electron chi connectivity index (χ3n) is 6.10. The number of benzene rings is 1. The molecule has 6 rings (SSSR count). The first-order valence-electron chi connectivity index (χ1n) is 11.0. The van der Waals surface area contributed by atoms with Gasteiger partial charge in [-0.2, -0.15) is 4.98 Å². The van der Waals surface area contributed by atoms with Crippen LogP contribution in [0.15, 0.2) is 44.6 Å². The lowest BCUT2D eigenvalue weighted by atomic mass is 10.1. The zero-order chi connectivity index (χ0) is 25.9. The van der Waals surface area contributed by atoms with Crippen LogP contribution < -0.4 is 21.7 Å². The Morgan fingerprint density at radius 3 is 2.97 bits per heavy atom. The second-order valence-corrected chi connectivity index (χ2v) is 9.99. The third kappa shape index (κ3) is 4.11. The highest BCUT2D eigenvalue weighted by atomic mass is 31.2. The van der Waals surface area contributed by atoms with Crippen LogP contribution in [-0.4, -0.2) is 56.7 Å². The number of phosphoric acid groups is 1. The van der Waals surface area contributed by atoms with E-state index in [4.69, 9.17) is 33.2 Å². The van der Waals surface area contributed by atoms with E-state index in [0.29, 0.717) is 16.7 Å². The Hall–Kier alpha value is -3.59. The molecule has 5 atom stereocenters. The Bertz CT molecular complexity index is 1680. The molecule has 0 saturated carbocycles. The molecular formula is C21H20N5O10P. The van der Waals surface area contributed by atoms with Gasteiger partial charge in [0.2, 0.25) is 5.95 Å². The summed E-state index contributed by atoms with van der Waals surface area (Å²) in [7, 11) is -2.69. The minimum absolute atomic E-state index is 0.00299. The smallest absolute Gasteiger partial charge is 0.475 e. The highest BCUT2D eigenvalue weighted by Crippen LogP contribution is 2.57. The second kappa shape index (κ2) is 8.76. The Kier molecular flexibility index (Phi) is 5.63. The monoisotopic (exact) mass is 533 g/mol. The van der Waals surface area contributed by atoms with Gasteiger partial charge in [0.05, 0.1) is 26.7 Å². The van der Waals surface area contributed by atoms with Crippen LogP contribution in [0.2, 0.25) is 0 Å². The number of phosphoric ester groups is 1. The first-order chi connectivity index (χ1) is 17.7. The molecule has 5 heterocycles. The Labute approximate surface area is 206 Å². The topological polar surface area (TPSA) is 203 Å². The van der Waals surface area contributed by atoms with Crippen LogP contribution >= 0.6 is 7.82 Å². The lowest BCUT2D eigenvalue weighted by Gasteiger charge is -2.30. The van der Waals surface area contributed by atoms with Crippen molar-refractivity contribution in [2.24, 2.45) is 0 Å². The fraction of sp³-hybridized carbons (Fsp3) is 0.333. The number of aromatic nitrogens is 4. The normalized spacial score (nSPS) is 27.5. The molecule has 4 N–H and O–H groups in total. The lowest BCUT2D eigenvalue weighted by Crippen LogP contribution is -2.39. The number of hydrogen-bond donors (Lipinski definition) is 3. The van der Waals surface area contributed by atoms with Crippen LogP contribution in [0.3, 0.4) is 0 Å². The number of aliphatic hydroxyl groups is 1. The summed E-state index contributed by atoms with van der Waals surface area (Å²) in [5.74, 6) is 0.354. The van der Waals surface area contributed by atoms with E-state index in [1.54, 1.807) is 18.2 Å². The van der Waals surface area contributed by atoms with E-state index in [-0.39, 0.29) is 35.9 Å². The van der Waals surface area contributed by atoms with Gasteiger partial charge in [-0.15, -0.1) is 0 Å². The molecule has 2 fully saturated rings. The van der Waals surface area contributed by atoms with E-state index >= 15 is 0 Å². The molecule has 2 aliphatic rings. The molecule has 0 unspecified atom stereocenters. The van der Waals surface area contributed by atoms with Gasteiger partial charge in [0.1, 0.15) is 29.6 Å². The highest BCUT2D eigenvalue weighted by molar-refractivity contribution is 7.48. The zero-order valence-corrected chi connectivity index (χ0v) is 20.0. The summed E-state index contributed by atoms with van der Waals surface area (Å²) in [6, 6.07) is 6.10. The van der Waals surface area contributed by atoms with Gasteiger partial charge in [0.25, 0.3) is 5.56 Å². The van der Waals surface area contributed by atoms with E-state index < -0.39 is 43.5 Å². The fourth-order valence-electron chi connectivity index (χ4n) is 4.36. The number of H-pyrrole nitrogens is 1. The summed E-state index contributed by atoms with van der Waals surface area (Å²) in [5, 5.41) is 11.5. The van der Waals surface area contributed by atoms with Crippen molar-refractivity contribution in [1.82, 2.24) is 19.5 Å². The quantitative estimate of drug-likeness (QED) is 0.240. The van der Waals surface area contributed by atoms with Crippen LogP contribution in [0.1, 0.15) is 11.8 Å². The number of nitrogens with two attached hydrogens (primary N) is 1. The van der Waals surface area contributed by atoms with Gasteiger partial charge in [-0.1, -0.05) is 0 Å². The number of ether oxygens (including phenoxy) is 2. The van der Waals surface area contributed by atoms with E-state index in [1.807, 2.05) is 0 Å². The molecule has 0 amide bonds. The maximum absolute atomic E-state index is 13.3. The number of aromatic amines is 1. The van der Waals surface area contributed by atoms with Crippen molar-refractivity contribution in [1.29, 1.82) is 0 Å². The van der Waals surface area contributed by atoms with Crippen molar-refractivity contribution >= 4 is 35.9 Å². The standard InChI is InChI=1S/C21H20N5O10P/c1-31-10-2-3-11-9(4-14(27)34-12(11)5-10)6-32-37(30)33-7-13-17(36-37)16(28)20(35-13)26-8-23-15-18(26)24-21(22)25-19(15)29/h2-5,8,13,16-17,20,28H,6-7H2,1H3,(H3,22,24,25,29)/t13-,16-,17-,20-,37-/m1/s1. The van der Waals surface area contributed by atoms with E-state index in [0.717, 1.165) is 0 Å². The van der Waals surface area contributed by atoms with Crippen LogP contribution in [0, 0.1) is 0 Å². The first kappa shape index (κ1) is 23.8. The summed E-state index contributed by atoms with van der Waals surface area (Å²) in [5.41, 5.74) is 5.20. The van der Waals surface area contributed by atoms with Crippen molar-refractivity contribution in [2.45, 2.75) is 31.1 Å². The Morgan fingerprint density at radius 2 is 2.16 bits per heavy atom. The summed E-state index contributed by atoms with van der Waals surface area (Å²) >= 11 is 0. The van der Waals surface area contributed by atoms with E-state index in [9.17, 15) is 19.3 Å². The minimum Gasteiger partial charge on any atom is -0.497 e. The number of fused-ring (bicyclic) bond motifs is 3. The van der Waals surface area contributed by atoms with Crippen LogP contribution in [0.4, 0.5) is 5.95 Å². The number of anilines is 1. The Morgan fingerprint density at radius 1 is 1.32 bits per heavy atom. The average Bonchev–Trinajstić information content (AvgIpc) is 3.42. The summed E-state index contributed by atoms with van der Waals surface area (Å²) in [6.07, 6.45) is -3.05. The molecule has 37 heavy (non-hydrogen) atoms. The molecule has 194 valence electrons. The van der Waals surface area contributed by atoms with Crippen molar-refractivity contribution < 1.29 is 37.1 Å². The van der Waals surface area contributed by atoms with Gasteiger partial charge in [-0.3, -0.25) is 27.9 Å². The van der Waals surface area contributed by atoms with Crippen LogP contribution in [0.25, 0.3) is 22.1 Å². The maximum atomic E-state index is 13.3. The molecule has 0 spiro atoms. The molecule has 16 heteroatoms. The van der Waals surface area contributed by atoms with Crippen molar-refractivity contribution in [3.05, 3.63) is 56.9 Å². The molecule has 3 aromatic heterocycles. The predicted molar refractivity (Wildman–Crippen MR) is 125 cm³/mol. The second-order valence-electron chi connectivity index (χ2n) is 8.37. The largest absolute Gasteiger partial charge is 0.497 e. The fourth-order valence-corrected chi connectivity index (χ4v) is 5.74. The van der Waals surface area contributed by atoms with Crippen molar-refractivity contribution in [3.8, 4) is 5.75 Å². The van der Waals surface area contributed by atoms with E-state index in [1.165, 1.54) is 24.1 Å². The Balaban J connectivity index is 1.22. The van der Waals surface area contributed by atoms with Gasteiger partial charge < -0.3 is 24.7 Å². The number of nitrogens with one attached hydrogen (secondary N) is 1. The van der Waals surface area contributed by atoms with Gasteiger partial charge >= 0.3 is 13.4 Å². The first-order valence-corrected chi connectivity index (χ1v) is 12.4. The number of nitrogens with zero attached hydrogens (tertiary/aromatic N) is 3. The molecule has 15 nitrogen and oxygen atoms in total. The van der Waals surface area contributed by atoms with Crippen LogP contribution in [0.5, 0.6) is 5.75 Å². The molecule has 4 aromatic rings. The van der Waals surface area contributed by atoms with E-state index in [2.05, 4.69) is 15.0 Å². The van der Waals surface area contributed by atoms with Gasteiger partial charge in [-0.05, 0) is 17.7 Å². The molecule has 0 radical (unpaired) electrons. The zero-order valence-electron chi connectivity index (χ0n) is 19.1. The summed E-state index contributed by atoms with van der Waals surface area (Å²) in [6.45, 7) is -0.519. The molecular weight excluding hydrogens is 513 g/mol. The predicted octanol–water partition coefficient (Wildman–Crippen LogP) is 0.815. The minimum atomic E-state index is -4.17. The number of imidazole rings is 1. The van der Waals surface area contributed by atoms with Gasteiger partial charge in [0.15, 0.2) is 17.4 Å². The number of methoxy groups -OCH3 is 1. The number of hydrogen-bond acceptors (Lipinski definition) is 13. The average molecular weight is 533 g/mol. The van der Waals surface area contributed by atoms with Crippen molar-refractivity contribution in [2.75, 3.05) is 19.5 Å². The number of aliphatic hydroxyl groups excluding tert-OH is 1. The number of nitrogen functional groups attached to an aromatic ring is 1. The SMILES string of the molecule is COc1ccc2c(CO[P@]3(=O)OC[C@H]4O[C@@H](n5cnc6c(=O)[nH]c(N)nc65)[C@H](O)[C@@H]4O3)cc(=O)oc2c1. The maximum Gasteiger partial charge on any atom is 0.475 e. The molecule has 0 bridgehead atoms. The van der Waals surface area contributed by atoms with Crippen LogP contribution in [-0.2, 0) is 29.5 Å². The van der Waals surface area contributed by atoms with Gasteiger partial charge in [-0.25, -0.2) is 14.3 Å². The third-order valence-corrected chi connectivity index (χ3v) is 7.51. The molecule has 1 aromatic carbocycles. The number of rotatable bonds is 5. The molecule has 2 saturated heterocycles. The molecule has 0 aliphatic carbocycles. The van der Waals surface area contributed by atoms with Crippen molar-refractivity contribution in [3.63, 3.8) is 0 Å². The molecule has 2 aliphatic heterocycles.